The van der Waals surface area contributed by atoms with Crippen molar-refractivity contribution in [3.63, 3.8) is 0 Å². The van der Waals surface area contributed by atoms with Gasteiger partial charge in [0.05, 0.1) is 0 Å². The van der Waals surface area contributed by atoms with Crippen molar-refractivity contribution in [2.24, 2.45) is 0 Å². The monoisotopic (exact) mass is 434 g/mol. The molecule has 6 nitrogen and oxygen atoms in total. The largest absolute Gasteiger partial charge is 0.484 e. The Kier molecular flexibility index (Phi) is 6.63. The van der Waals surface area contributed by atoms with Gasteiger partial charge in [-0.1, -0.05) is 37.3 Å². The van der Waals surface area contributed by atoms with E-state index in [2.05, 4.69) is 16.8 Å². The van der Waals surface area contributed by atoms with Gasteiger partial charge in [-0.05, 0) is 37.6 Å². The predicted molar refractivity (Wildman–Crippen MR) is 122 cm³/mol. The summed E-state index contributed by atoms with van der Waals surface area (Å²) in [6.07, 6.45) is 0.800. The van der Waals surface area contributed by atoms with Crippen molar-refractivity contribution in [2.75, 3.05) is 37.7 Å². The number of amides is 1. The van der Waals surface area contributed by atoms with Gasteiger partial charge in [-0.15, -0.1) is 0 Å². The van der Waals surface area contributed by atoms with Gasteiger partial charge in [0.1, 0.15) is 17.4 Å². The van der Waals surface area contributed by atoms with E-state index in [0.717, 1.165) is 23.5 Å². The van der Waals surface area contributed by atoms with Gasteiger partial charge in [-0.3, -0.25) is 4.79 Å². The molecule has 1 aliphatic rings. The Hall–Kier alpha value is -3.48. The number of rotatable bonds is 6. The minimum Gasteiger partial charge on any atom is -0.484 e. The molecule has 2 aromatic carbocycles. The van der Waals surface area contributed by atoms with E-state index in [0.29, 0.717) is 43.3 Å². The first-order valence-corrected chi connectivity index (χ1v) is 10.9. The first kappa shape index (κ1) is 21.7. The van der Waals surface area contributed by atoms with E-state index in [9.17, 15) is 9.18 Å². The first-order valence-electron chi connectivity index (χ1n) is 10.9. The average molecular weight is 435 g/mol. The van der Waals surface area contributed by atoms with Gasteiger partial charge in [0.25, 0.3) is 5.91 Å². The maximum absolute atomic E-state index is 13.7. The standard InChI is InChI=1S/C25H27FN4O2/c1-3-22-18(2)27-24(19-8-7-9-20(26)16-19)28-25(22)30-14-12-29(13-15-30)23(31)17-32-21-10-5-4-6-11-21/h4-11,16H,3,12-15,17H2,1-2H3. The number of aryl methyl sites for hydroxylation is 1. The van der Waals surface area contributed by atoms with E-state index in [4.69, 9.17) is 9.72 Å². The van der Waals surface area contributed by atoms with Crippen LogP contribution in [0, 0.1) is 12.7 Å². The maximum Gasteiger partial charge on any atom is 0.260 e. The van der Waals surface area contributed by atoms with Gasteiger partial charge in [-0.25, -0.2) is 14.4 Å². The molecule has 0 bridgehead atoms. The zero-order valence-corrected chi connectivity index (χ0v) is 18.4. The predicted octanol–water partition coefficient (Wildman–Crippen LogP) is 3.88. The number of aromatic nitrogens is 2. The molecule has 1 aromatic heterocycles. The van der Waals surface area contributed by atoms with Crippen molar-refractivity contribution < 1.29 is 13.9 Å². The lowest BCUT2D eigenvalue weighted by molar-refractivity contribution is -0.133. The van der Waals surface area contributed by atoms with E-state index in [1.54, 1.807) is 6.07 Å². The number of carbonyl (C=O) groups is 1. The highest BCUT2D eigenvalue weighted by molar-refractivity contribution is 5.78. The van der Waals surface area contributed by atoms with Crippen molar-refractivity contribution in [3.05, 3.63) is 71.7 Å². The van der Waals surface area contributed by atoms with Crippen molar-refractivity contribution in [2.45, 2.75) is 20.3 Å². The van der Waals surface area contributed by atoms with E-state index in [1.165, 1.54) is 12.1 Å². The molecule has 0 radical (unpaired) electrons. The quantitative estimate of drug-likeness (QED) is 0.589. The second-order valence-corrected chi connectivity index (χ2v) is 7.77. The van der Waals surface area contributed by atoms with Crippen LogP contribution in [0.2, 0.25) is 0 Å². The normalized spacial score (nSPS) is 13.8. The molecular formula is C25H27FN4O2. The Morgan fingerprint density at radius 2 is 1.78 bits per heavy atom. The highest BCUT2D eigenvalue weighted by atomic mass is 19.1. The van der Waals surface area contributed by atoms with Crippen LogP contribution in [0.5, 0.6) is 5.75 Å². The van der Waals surface area contributed by atoms with Crippen LogP contribution in [-0.2, 0) is 11.2 Å². The molecule has 3 aromatic rings. The van der Waals surface area contributed by atoms with Crippen molar-refractivity contribution >= 4 is 11.7 Å². The smallest absolute Gasteiger partial charge is 0.260 e. The molecule has 0 aliphatic carbocycles. The summed E-state index contributed by atoms with van der Waals surface area (Å²) in [5.74, 6) is 1.74. The number of para-hydroxylation sites is 1. The lowest BCUT2D eigenvalue weighted by Crippen LogP contribution is -2.50. The molecule has 32 heavy (non-hydrogen) atoms. The number of hydrogen-bond donors (Lipinski definition) is 0. The minimum atomic E-state index is -0.310. The number of carbonyl (C=O) groups excluding carboxylic acids is 1. The van der Waals surface area contributed by atoms with E-state index in [-0.39, 0.29) is 18.3 Å². The van der Waals surface area contributed by atoms with Crippen molar-refractivity contribution in [1.29, 1.82) is 0 Å². The van der Waals surface area contributed by atoms with Crippen LogP contribution in [0.15, 0.2) is 54.6 Å². The van der Waals surface area contributed by atoms with Gasteiger partial charge in [0.2, 0.25) is 0 Å². The minimum absolute atomic E-state index is 0.0245. The summed E-state index contributed by atoms with van der Waals surface area (Å²) >= 11 is 0. The molecule has 0 N–H and O–H groups in total. The number of benzene rings is 2. The topological polar surface area (TPSA) is 58.6 Å². The summed E-state index contributed by atoms with van der Waals surface area (Å²) in [7, 11) is 0. The Morgan fingerprint density at radius 3 is 2.47 bits per heavy atom. The molecule has 7 heteroatoms. The highest BCUT2D eigenvalue weighted by Crippen LogP contribution is 2.27. The van der Waals surface area contributed by atoms with Gasteiger partial charge in [-0.2, -0.15) is 0 Å². The molecule has 1 aliphatic heterocycles. The molecule has 0 saturated carbocycles. The number of nitrogens with zero attached hydrogens (tertiary/aromatic N) is 4. The lowest BCUT2D eigenvalue weighted by Gasteiger charge is -2.36. The third kappa shape index (κ3) is 4.88. The molecule has 1 amide bonds. The summed E-state index contributed by atoms with van der Waals surface area (Å²) in [6, 6.07) is 15.7. The van der Waals surface area contributed by atoms with Crippen LogP contribution >= 0.6 is 0 Å². The van der Waals surface area contributed by atoms with Gasteiger partial charge < -0.3 is 14.5 Å². The number of halogens is 1. The Labute approximate surface area is 187 Å². The second-order valence-electron chi connectivity index (χ2n) is 7.77. The molecule has 1 saturated heterocycles. The number of hydrogen-bond acceptors (Lipinski definition) is 5. The summed E-state index contributed by atoms with van der Waals surface area (Å²) in [5, 5.41) is 0. The summed E-state index contributed by atoms with van der Waals surface area (Å²) in [5.41, 5.74) is 2.63. The Morgan fingerprint density at radius 1 is 1.03 bits per heavy atom. The third-order valence-electron chi connectivity index (χ3n) is 5.67. The molecule has 166 valence electrons. The van der Waals surface area contributed by atoms with Gasteiger partial charge in [0.15, 0.2) is 12.4 Å². The summed E-state index contributed by atoms with van der Waals surface area (Å²) in [6.45, 7) is 6.61. The average Bonchev–Trinajstić information content (AvgIpc) is 2.83. The van der Waals surface area contributed by atoms with Crippen molar-refractivity contribution in [1.82, 2.24) is 14.9 Å². The Bertz CT molecular complexity index is 1080. The molecule has 4 rings (SSSR count). The fourth-order valence-corrected chi connectivity index (χ4v) is 3.93. The van der Waals surface area contributed by atoms with E-state index >= 15 is 0 Å². The van der Waals surface area contributed by atoms with Gasteiger partial charge in [0, 0.05) is 43.0 Å². The SMILES string of the molecule is CCc1c(C)nc(-c2cccc(F)c2)nc1N1CCN(C(=O)COc2ccccc2)CC1. The zero-order chi connectivity index (χ0) is 22.5. The van der Waals surface area contributed by atoms with Gasteiger partial charge >= 0.3 is 0 Å². The molecule has 1 fully saturated rings. The second kappa shape index (κ2) is 9.77. The van der Waals surface area contributed by atoms with Crippen LogP contribution in [0.1, 0.15) is 18.2 Å². The van der Waals surface area contributed by atoms with E-state index in [1.807, 2.05) is 48.2 Å². The summed E-state index contributed by atoms with van der Waals surface area (Å²) < 4.78 is 19.3. The first-order chi connectivity index (χ1) is 15.5. The molecular weight excluding hydrogens is 407 g/mol. The third-order valence-corrected chi connectivity index (χ3v) is 5.67. The van der Waals surface area contributed by atoms with Crippen LogP contribution < -0.4 is 9.64 Å². The molecule has 0 spiro atoms. The van der Waals surface area contributed by atoms with Crippen LogP contribution in [0.25, 0.3) is 11.4 Å². The number of anilines is 1. The molecule has 0 unspecified atom stereocenters. The molecule has 0 atom stereocenters. The van der Waals surface area contributed by atoms with E-state index < -0.39 is 0 Å². The van der Waals surface area contributed by atoms with Crippen LogP contribution in [-0.4, -0.2) is 53.6 Å². The fourth-order valence-electron chi connectivity index (χ4n) is 3.93. The van der Waals surface area contributed by atoms with Crippen molar-refractivity contribution in [3.8, 4) is 17.1 Å². The van der Waals surface area contributed by atoms with Crippen LogP contribution in [0.4, 0.5) is 10.2 Å². The summed E-state index contributed by atoms with van der Waals surface area (Å²) in [4.78, 5) is 26.0. The lowest BCUT2D eigenvalue weighted by atomic mass is 10.1. The number of piperazine rings is 1. The maximum atomic E-state index is 13.7. The fraction of sp³-hybridized carbons (Fsp3) is 0.320. The highest BCUT2D eigenvalue weighted by Gasteiger charge is 2.25. The van der Waals surface area contributed by atoms with Crippen LogP contribution in [0.3, 0.4) is 0 Å². The zero-order valence-electron chi connectivity index (χ0n) is 18.4. The molecule has 2 heterocycles. The number of ether oxygens (including phenoxy) is 1. The Balaban J connectivity index is 1.46.